The van der Waals surface area contributed by atoms with Gasteiger partial charge in [0.05, 0.1) is 5.56 Å². The van der Waals surface area contributed by atoms with Crippen LogP contribution < -0.4 is 4.90 Å². The Hall–Kier alpha value is -3.69. The molecule has 154 valence electrons. The summed E-state index contributed by atoms with van der Waals surface area (Å²) in [5, 5.41) is 3.74. The highest BCUT2D eigenvalue weighted by atomic mass is 19.4. The number of aromatic nitrogens is 2. The van der Waals surface area contributed by atoms with Crippen molar-refractivity contribution in [3.05, 3.63) is 66.1 Å². The maximum Gasteiger partial charge on any atom is 0.416 e. The number of imide groups is 1. The monoisotopic (exact) mass is 416 g/mol. The molecular formula is C20H15F3N4O3. The predicted molar refractivity (Wildman–Crippen MR) is 99.1 cm³/mol. The SMILES string of the molecule is CC1C(=O)N(Cc2nc(-c3ccc(C(F)(F)F)cc3)no2)C(=O)N1c1ccccc1. The largest absolute Gasteiger partial charge is 0.416 e. The standard InChI is InChI=1S/C20H15F3N4O3/c1-12-18(28)26(19(29)27(12)15-5-3-2-4-6-15)11-16-24-17(25-30-16)13-7-9-14(10-8-13)20(21,22)23/h2-10,12H,11H2,1H3. The minimum absolute atomic E-state index is 0.00582. The first kappa shape index (κ1) is 19.6. The number of carbonyl (C=O) groups excluding carboxylic acids is 2. The summed E-state index contributed by atoms with van der Waals surface area (Å²) < 4.78 is 43.2. The summed E-state index contributed by atoms with van der Waals surface area (Å²) in [7, 11) is 0. The first-order chi connectivity index (χ1) is 14.3. The first-order valence-electron chi connectivity index (χ1n) is 8.95. The normalized spacial score (nSPS) is 17.1. The lowest BCUT2D eigenvalue weighted by atomic mass is 10.1. The van der Waals surface area contributed by atoms with Crippen molar-refractivity contribution >= 4 is 17.6 Å². The predicted octanol–water partition coefficient (Wildman–Crippen LogP) is 4.11. The number of amides is 3. The third-order valence-electron chi connectivity index (χ3n) is 4.71. The van der Waals surface area contributed by atoms with Crippen molar-refractivity contribution in [3.8, 4) is 11.4 Å². The van der Waals surface area contributed by atoms with E-state index in [2.05, 4.69) is 10.1 Å². The molecule has 0 bridgehead atoms. The number of hydrogen-bond acceptors (Lipinski definition) is 5. The van der Waals surface area contributed by atoms with Crippen molar-refractivity contribution in [1.29, 1.82) is 0 Å². The molecular weight excluding hydrogens is 401 g/mol. The van der Waals surface area contributed by atoms with Crippen LogP contribution >= 0.6 is 0 Å². The minimum atomic E-state index is -4.45. The zero-order valence-corrected chi connectivity index (χ0v) is 15.6. The number of para-hydroxylation sites is 1. The Morgan fingerprint density at radius 1 is 1.03 bits per heavy atom. The lowest BCUT2D eigenvalue weighted by Gasteiger charge is -2.18. The molecule has 1 aliphatic rings. The maximum atomic E-state index is 12.8. The Morgan fingerprint density at radius 2 is 1.70 bits per heavy atom. The van der Waals surface area contributed by atoms with Crippen molar-refractivity contribution in [2.24, 2.45) is 0 Å². The Balaban J connectivity index is 1.52. The van der Waals surface area contributed by atoms with Crippen LogP contribution in [0.2, 0.25) is 0 Å². The highest BCUT2D eigenvalue weighted by molar-refractivity contribution is 6.13. The number of carbonyl (C=O) groups is 2. The molecule has 7 nitrogen and oxygen atoms in total. The molecule has 0 aliphatic carbocycles. The van der Waals surface area contributed by atoms with Gasteiger partial charge < -0.3 is 4.52 Å². The summed E-state index contributed by atoms with van der Waals surface area (Å²) in [6.45, 7) is 1.38. The molecule has 4 rings (SSSR count). The van der Waals surface area contributed by atoms with E-state index in [4.69, 9.17) is 4.52 Å². The summed E-state index contributed by atoms with van der Waals surface area (Å²) in [6, 6.07) is 11.8. The molecule has 0 spiro atoms. The number of rotatable bonds is 4. The van der Waals surface area contributed by atoms with Gasteiger partial charge in [0.15, 0.2) is 0 Å². The Kier molecular flexibility index (Phi) is 4.76. The molecule has 30 heavy (non-hydrogen) atoms. The fraction of sp³-hybridized carbons (Fsp3) is 0.200. The van der Waals surface area contributed by atoms with E-state index in [1.54, 1.807) is 37.3 Å². The van der Waals surface area contributed by atoms with Crippen LogP contribution in [0, 0.1) is 0 Å². The van der Waals surface area contributed by atoms with Gasteiger partial charge in [0.2, 0.25) is 11.7 Å². The summed E-state index contributed by atoms with van der Waals surface area (Å²) in [5.41, 5.74) is 0.108. The van der Waals surface area contributed by atoms with Crippen molar-refractivity contribution in [3.63, 3.8) is 0 Å². The van der Waals surface area contributed by atoms with Crippen LogP contribution in [0.15, 0.2) is 59.1 Å². The molecule has 1 unspecified atom stereocenters. The lowest BCUT2D eigenvalue weighted by Crippen LogP contribution is -2.33. The summed E-state index contributed by atoms with van der Waals surface area (Å²) in [4.78, 5) is 31.8. The van der Waals surface area contributed by atoms with Gasteiger partial charge in [0.25, 0.3) is 5.91 Å². The Bertz CT molecular complexity index is 1080. The minimum Gasteiger partial charge on any atom is -0.337 e. The van der Waals surface area contributed by atoms with Crippen LogP contribution in [0.25, 0.3) is 11.4 Å². The highest BCUT2D eigenvalue weighted by Gasteiger charge is 2.44. The number of anilines is 1. The highest BCUT2D eigenvalue weighted by Crippen LogP contribution is 2.31. The molecule has 1 aromatic heterocycles. The van der Waals surface area contributed by atoms with Crippen molar-refractivity contribution in [2.75, 3.05) is 4.90 Å². The zero-order valence-electron chi connectivity index (χ0n) is 15.6. The number of urea groups is 1. The van der Waals surface area contributed by atoms with Crippen molar-refractivity contribution in [2.45, 2.75) is 25.7 Å². The molecule has 0 N–H and O–H groups in total. The third-order valence-corrected chi connectivity index (χ3v) is 4.71. The van der Waals surface area contributed by atoms with Gasteiger partial charge in [-0.3, -0.25) is 14.6 Å². The third kappa shape index (κ3) is 3.51. The molecule has 1 aliphatic heterocycles. The van der Waals surface area contributed by atoms with Crippen molar-refractivity contribution in [1.82, 2.24) is 15.0 Å². The lowest BCUT2D eigenvalue weighted by molar-refractivity contribution is -0.137. The average molecular weight is 416 g/mol. The van der Waals surface area contributed by atoms with E-state index in [0.717, 1.165) is 17.0 Å². The van der Waals surface area contributed by atoms with Gasteiger partial charge in [-0.05, 0) is 31.2 Å². The second kappa shape index (κ2) is 7.29. The van der Waals surface area contributed by atoms with Crippen LogP contribution in [-0.2, 0) is 17.5 Å². The topological polar surface area (TPSA) is 79.5 Å². The smallest absolute Gasteiger partial charge is 0.337 e. The number of alkyl halides is 3. The average Bonchev–Trinajstić information content (AvgIpc) is 3.27. The number of halogens is 3. The zero-order chi connectivity index (χ0) is 21.5. The van der Waals surface area contributed by atoms with Gasteiger partial charge in [-0.2, -0.15) is 18.2 Å². The number of nitrogens with zero attached hydrogens (tertiary/aromatic N) is 4. The molecule has 3 aromatic rings. The number of hydrogen-bond donors (Lipinski definition) is 0. The molecule has 2 aromatic carbocycles. The Labute approximate surface area is 168 Å². The van der Waals surface area contributed by atoms with Crippen LogP contribution in [-0.4, -0.2) is 33.0 Å². The molecule has 0 radical (unpaired) electrons. The van der Waals surface area contributed by atoms with E-state index in [1.807, 2.05) is 0 Å². The van der Waals surface area contributed by atoms with E-state index in [9.17, 15) is 22.8 Å². The molecule has 0 saturated carbocycles. The van der Waals surface area contributed by atoms with Gasteiger partial charge in [0, 0.05) is 11.3 Å². The van der Waals surface area contributed by atoms with Gasteiger partial charge in [0.1, 0.15) is 12.6 Å². The van der Waals surface area contributed by atoms with E-state index in [-0.39, 0.29) is 18.3 Å². The summed E-state index contributed by atoms with van der Waals surface area (Å²) in [6.07, 6.45) is -4.45. The first-order valence-corrected chi connectivity index (χ1v) is 8.95. The fourth-order valence-corrected chi connectivity index (χ4v) is 3.17. The van der Waals surface area contributed by atoms with Gasteiger partial charge in [-0.1, -0.05) is 35.5 Å². The van der Waals surface area contributed by atoms with E-state index in [0.29, 0.717) is 11.3 Å². The molecule has 1 saturated heterocycles. The van der Waals surface area contributed by atoms with Gasteiger partial charge >= 0.3 is 12.2 Å². The quantitative estimate of drug-likeness (QED) is 0.598. The molecule has 10 heteroatoms. The molecule has 3 amide bonds. The van der Waals surface area contributed by atoms with Gasteiger partial charge in [-0.25, -0.2) is 4.79 Å². The van der Waals surface area contributed by atoms with Crippen molar-refractivity contribution < 1.29 is 27.3 Å². The Morgan fingerprint density at radius 3 is 2.33 bits per heavy atom. The molecule has 2 heterocycles. The van der Waals surface area contributed by atoms with E-state index >= 15 is 0 Å². The summed E-state index contributed by atoms with van der Waals surface area (Å²) in [5.74, 6) is -0.363. The number of benzene rings is 2. The molecule has 1 fully saturated rings. The van der Waals surface area contributed by atoms with Crippen LogP contribution in [0.4, 0.5) is 23.7 Å². The fourth-order valence-electron chi connectivity index (χ4n) is 3.17. The van der Waals surface area contributed by atoms with Crippen LogP contribution in [0.3, 0.4) is 0 Å². The summed E-state index contributed by atoms with van der Waals surface area (Å²) >= 11 is 0. The van der Waals surface area contributed by atoms with E-state index in [1.165, 1.54) is 17.0 Å². The maximum absolute atomic E-state index is 12.8. The van der Waals surface area contributed by atoms with Gasteiger partial charge in [-0.15, -0.1) is 0 Å². The second-order valence-electron chi connectivity index (χ2n) is 6.68. The molecule has 1 atom stereocenters. The van der Waals surface area contributed by atoms with E-state index < -0.39 is 29.7 Å². The second-order valence-corrected chi connectivity index (χ2v) is 6.68. The van der Waals surface area contributed by atoms with Crippen LogP contribution in [0.5, 0.6) is 0 Å². The van der Waals surface area contributed by atoms with Crippen LogP contribution in [0.1, 0.15) is 18.4 Å².